The molecule has 3 aromatic heterocycles. The van der Waals surface area contributed by atoms with Crippen LogP contribution in [0, 0.1) is 0 Å². The van der Waals surface area contributed by atoms with Gasteiger partial charge < -0.3 is 46.8 Å². The zero-order valence-electron chi connectivity index (χ0n) is 31.4. The van der Waals surface area contributed by atoms with Crippen LogP contribution in [0.1, 0.15) is 46.5 Å². The van der Waals surface area contributed by atoms with Crippen molar-refractivity contribution in [3.05, 3.63) is 100 Å². The number of rotatable bonds is 4. The number of thiazole rings is 1. The average Bonchev–Trinajstić information content (AvgIpc) is 3.95. The fraction of sp³-hybridized carbons (Fsp3) is 0.282. The van der Waals surface area contributed by atoms with Gasteiger partial charge in [0.2, 0.25) is 29.5 Å². The van der Waals surface area contributed by atoms with Gasteiger partial charge in [-0.25, -0.2) is 4.98 Å². The van der Waals surface area contributed by atoms with Gasteiger partial charge in [-0.2, -0.15) is 0 Å². The summed E-state index contributed by atoms with van der Waals surface area (Å²) in [6, 6.07) is 10.7. The highest BCUT2D eigenvalue weighted by atomic mass is 32.1. The summed E-state index contributed by atoms with van der Waals surface area (Å²) in [6.45, 7) is 5.68. The highest BCUT2D eigenvalue weighted by Crippen LogP contribution is 2.22. The van der Waals surface area contributed by atoms with E-state index in [0.29, 0.717) is 10.6 Å². The van der Waals surface area contributed by atoms with Crippen LogP contribution < -0.4 is 31.9 Å². The lowest BCUT2D eigenvalue weighted by atomic mass is 10.0. The van der Waals surface area contributed by atoms with Crippen molar-refractivity contribution in [1.29, 1.82) is 0 Å². The Hall–Kier alpha value is -6.82. The molecule has 0 radical (unpaired) electrons. The van der Waals surface area contributed by atoms with Crippen LogP contribution in [0.4, 0.5) is 0 Å². The number of amides is 7. The maximum absolute atomic E-state index is 14.3. The molecule has 18 heteroatoms. The number of nitrogens with zero attached hydrogens (tertiary/aromatic N) is 2. The molecule has 8 N–H and O–H groups in total. The largest absolute Gasteiger partial charge is 0.361 e. The highest BCUT2D eigenvalue weighted by molar-refractivity contribution is 7.09. The number of aromatic nitrogens is 3. The van der Waals surface area contributed by atoms with E-state index in [1.165, 1.54) is 19.4 Å². The molecule has 2 bridgehead atoms. The third-order valence-corrected chi connectivity index (χ3v) is 10.4. The predicted molar refractivity (Wildman–Crippen MR) is 211 cm³/mol. The average molecular weight is 795 g/mol. The van der Waals surface area contributed by atoms with E-state index in [2.05, 4.69) is 53.4 Å². The van der Waals surface area contributed by atoms with E-state index in [1.54, 1.807) is 19.3 Å². The second kappa shape index (κ2) is 17.3. The number of carbonyl (C=O) groups excluding carboxylic acids is 7. The van der Waals surface area contributed by atoms with Gasteiger partial charge in [0.05, 0.1) is 24.8 Å². The maximum Gasteiger partial charge on any atom is 0.271 e. The van der Waals surface area contributed by atoms with E-state index in [-0.39, 0.29) is 24.2 Å². The molecule has 1 aliphatic rings. The lowest BCUT2D eigenvalue weighted by Crippen LogP contribution is -2.56. The molecule has 2 aromatic carbocycles. The Balaban J connectivity index is 1.32. The van der Waals surface area contributed by atoms with Gasteiger partial charge in [-0.05, 0) is 37.1 Å². The predicted octanol–water partition coefficient (Wildman–Crippen LogP) is 1.07. The van der Waals surface area contributed by atoms with E-state index in [0.717, 1.165) is 43.6 Å². The minimum absolute atomic E-state index is 0.00468. The zero-order valence-corrected chi connectivity index (χ0v) is 32.2. The van der Waals surface area contributed by atoms with E-state index < -0.39 is 78.6 Å². The second-order valence-corrected chi connectivity index (χ2v) is 14.6. The lowest BCUT2D eigenvalue weighted by molar-refractivity contribution is -0.133. The first-order valence-corrected chi connectivity index (χ1v) is 18.9. The van der Waals surface area contributed by atoms with Gasteiger partial charge in [-0.1, -0.05) is 43.0 Å². The molecular formula is C39H42N10O7S. The molecule has 57 heavy (non-hydrogen) atoms. The number of benzene rings is 2. The molecule has 5 aromatic rings. The minimum Gasteiger partial charge on any atom is -0.361 e. The number of nitrogens with one attached hydrogen (secondary N) is 8. The lowest BCUT2D eigenvalue weighted by Gasteiger charge is -2.23. The van der Waals surface area contributed by atoms with Crippen LogP contribution >= 0.6 is 11.3 Å². The number of carbonyl (C=O) groups is 7. The molecule has 7 amide bonds. The number of aromatic amines is 2. The number of hydrogen-bond donors (Lipinski definition) is 8. The highest BCUT2D eigenvalue weighted by Gasteiger charge is 2.31. The fourth-order valence-corrected chi connectivity index (χ4v) is 7.19. The summed E-state index contributed by atoms with van der Waals surface area (Å²) in [5.41, 5.74) is 2.74. The molecule has 0 fully saturated rings. The summed E-state index contributed by atoms with van der Waals surface area (Å²) in [7, 11) is 1.35. The number of hydrogen-bond acceptors (Lipinski definition) is 9. The molecule has 296 valence electrons. The van der Waals surface area contributed by atoms with Gasteiger partial charge in [0.25, 0.3) is 11.8 Å². The van der Waals surface area contributed by atoms with Gasteiger partial charge in [0.15, 0.2) is 0 Å². The van der Waals surface area contributed by atoms with Crippen LogP contribution in [0.15, 0.2) is 78.6 Å². The molecule has 0 saturated heterocycles. The number of likely N-dealkylation sites (N-methyl/N-ethyl adjacent to an activating group) is 1. The van der Waals surface area contributed by atoms with Crippen LogP contribution in [0.3, 0.4) is 0 Å². The SMILES string of the molecule is C=C1NC(=O)C(C)NC(=O)CNC(=O)C(Cc2c[nH]c3ccccc23)NC(=O)C(Cc2c[nH]c3ccccc23)NC(=O)c2csc(n2)C(C)NC(=O)CN(C)C1=O. The number of para-hydroxylation sites is 2. The normalized spacial score (nSPS) is 21.3. The summed E-state index contributed by atoms with van der Waals surface area (Å²) in [5, 5.41) is 19.2. The van der Waals surface area contributed by atoms with E-state index in [9.17, 15) is 33.6 Å². The van der Waals surface area contributed by atoms with Crippen molar-refractivity contribution < 1.29 is 33.6 Å². The van der Waals surface area contributed by atoms with E-state index in [1.807, 2.05) is 48.5 Å². The van der Waals surface area contributed by atoms with Crippen molar-refractivity contribution in [2.24, 2.45) is 0 Å². The Bertz CT molecular complexity index is 2380. The summed E-state index contributed by atoms with van der Waals surface area (Å²) in [4.78, 5) is 105. The van der Waals surface area contributed by atoms with Crippen LogP contribution in [0.5, 0.6) is 0 Å². The first-order chi connectivity index (χ1) is 27.3. The monoisotopic (exact) mass is 794 g/mol. The first-order valence-electron chi connectivity index (χ1n) is 18.1. The number of H-pyrrole nitrogens is 2. The number of fused-ring (bicyclic) bond motifs is 4. The molecule has 0 aliphatic carbocycles. The Morgan fingerprint density at radius 3 is 1.95 bits per heavy atom. The Morgan fingerprint density at radius 2 is 1.32 bits per heavy atom. The second-order valence-electron chi connectivity index (χ2n) is 13.7. The maximum atomic E-state index is 14.3. The molecule has 17 nitrogen and oxygen atoms in total. The van der Waals surface area contributed by atoms with Gasteiger partial charge >= 0.3 is 0 Å². The molecule has 0 saturated carbocycles. The quantitative estimate of drug-likeness (QED) is 0.122. The summed E-state index contributed by atoms with van der Waals surface area (Å²) >= 11 is 1.12. The standard InChI is InChI=1S/C39H42N10O7S/c1-20-34(52)45-22(3)39(56)49(4)18-33(51)44-21(2)38-48-31(19-57-38)37(55)47-30(14-24-16-41-28-12-8-6-10-26(24)28)36(54)46-29(35(53)42-17-32(50)43-20)13-23-15-40-27-11-7-5-9-25(23)27/h5-12,15-16,19-21,29-30,40-41H,3,13-14,17-18H2,1-2,4H3,(H,42,53)(H,43,50)(H,44,51)(H,45,52)(H,46,54)(H,47,55). The molecular weight excluding hydrogens is 753 g/mol. The minimum atomic E-state index is -1.22. The van der Waals surface area contributed by atoms with Gasteiger partial charge in [0.1, 0.15) is 28.8 Å². The van der Waals surface area contributed by atoms with Crippen LogP contribution in [-0.2, 0) is 41.6 Å². The van der Waals surface area contributed by atoms with Crippen LogP contribution in [-0.4, -0.2) is 99.5 Å². The molecule has 0 spiro atoms. The van der Waals surface area contributed by atoms with Crippen LogP contribution in [0.25, 0.3) is 21.8 Å². The Kier molecular flexibility index (Phi) is 12.1. The molecule has 4 heterocycles. The summed E-state index contributed by atoms with van der Waals surface area (Å²) < 4.78 is 0. The molecule has 4 unspecified atom stereocenters. The van der Waals surface area contributed by atoms with Crippen molar-refractivity contribution in [2.45, 2.75) is 50.9 Å². The van der Waals surface area contributed by atoms with Gasteiger partial charge in [-0.15, -0.1) is 11.3 Å². The Morgan fingerprint density at radius 1 is 0.737 bits per heavy atom. The van der Waals surface area contributed by atoms with Crippen molar-refractivity contribution in [2.75, 3.05) is 20.1 Å². The molecule has 4 atom stereocenters. The topological polar surface area (TPSA) is 239 Å². The van der Waals surface area contributed by atoms with E-state index >= 15 is 0 Å². The van der Waals surface area contributed by atoms with Crippen molar-refractivity contribution in [3.63, 3.8) is 0 Å². The van der Waals surface area contributed by atoms with Crippen molar-refractivity contribution in [3.8, 4) is 0 Å². The fourth-order valence-electron chi connectivity index (χ4n) is 6.38. The van der Waals surface area contributed by atoms with Gasteiger partial charge in [-0.3, -0.25) is 33.6 Å². The summed E-state index contributed by atoms with van der Waals surface area (Å²) in [5.74, 6) is -4.83. The molecule has 1 aliphatic heterocycles. The van der Waals surface area contributed by atoms with Gasteiger partial charge in [0, 0.05) is 59.5 Å². The van der Waals surface area contributed by atoms with Crippen LogP contribution in [0.2, 0.25) is 0 Å². The third kappa shape index (κ3) is 9.53. The summed E-state index contributed by atoms with van der Waals surface area (Å²) in [6.07, 6.45) is 3.53. The smallest absolute Gasteiger partial charge is 0.271 e. The van der Waals surface area contributed by atoms with E-state index in [4.69, 9.17) is 0 Å². The third-order valence-electron chi connectivity index (χ3n) is 9.41. The Labute approximate surface area is 330 Å². The first kappa shape index (κ1) is 39.9. The zero-order chi connectivity index (χ0) is 40.8. The van der Waals surface area contributed by atoms with Crippen molar-refractivity contribution >= 4 is 74.5 Å². The molecule has 6 rings (SSSR count). The van der Waals surface area contributed by atoms with Crippen molar-refractivity contribution in [1.82, 2.24) is 51.8 Å².